The molecule has 0 amide bonds. The Bertz CT molecular complexity index is 802. The van der Waals surface area contributed by atoms with Gasteiger partial charge in [-0.2, -0.15) is 0 Å². The molecular weight excluding hydrogens is 341 g/mol. The van der Waals surface area contributed by atoms with Crippen LogP contribution in [0.5, 0.6) is 5.75 Å². The number of carbonyl (C=O) groups is 2. The SMILES string of the molecule is COC(=O)/C=C(/Nc1cccc(OCc2ccc(F)cc2)c1)C(=O)OC. The predicted molar refractivity (Wildman–Crippen MR) is 92.9 cm³/mol. The van der Waals surface area contributed by atoms with E-state index >= 15 is 0 Å². The van der Waals surface area contributed by atoms with E-state index in [0.29, 0.717) is 11.4 Å². The second kappa shape index (κ2) is 9.22. The van der Waals surface area contributed by atoms with Gasteiger partial charge in [0.15, 0.2) is 0 Å². The van der Waals surface area contributed by atoms with Crippen molar-refractivity contribution in [2.45, 2.75) is 6.61 Å². The van der Waals surface area contributed by atoms with E-state index < -0.39 is 11.9 Å². The summed E-state index contributed by atoms with van der Waals surface area (Å²) in [4.78, 5) is 23.2. The minimum atomic E-state index is -0.715. The third kappa shape index (κ3) is 5.62. The normalized spacial score (nSPS) is 10.8. The molecule has 0 bridgehead atoms. The molecule has 26 heavy (non-hydrogen) atoms. The summed E-state index contributed by atoms with van der Waals surface area (Å²) in [5, 5.41) is 2.80. The van der Waals surface area contributed by atoms with Crippen LogP contribution in [0.25, 0.3) is 0 Å². The molecule has 0 saturated heterocycles. The van der Waals surface area contributed by atoms with Crippen molar-refractivity contribution in [2.24, 2.45) is 0 Å². The Balaban J connectivity index is 2.09. The van der Waals surface area contributed by atoms with E-state index in [1.165, 1.54) is 26.4 Å². The van der Waals surface area contributed by atoms with E-state index in [1.54, 1.807) is 36.4 Å². The van der Waals surface area contributed by atoms with Crippen LogP contribution in [0.1, 0.15) is 5.56 Å². The molecule has 6 nitrogen and oxygen atoms in total. The summed E-state index contributed by atoms with van der Waals surface area (Å²) in [6.07, 6.45) is 0.998. The molecule has 2 aromatic rings. The second-order valence-corrected chi connectivity index (χ2v) is 5.14. The molecular formula is C19H18FNO5. The molecule has 0 heterocycles. The minimum absolute atomic E-state index is 0.0740. The third-order valence-electron chi connectivity index (χ3n) is 3.30. The van der Waals surface area contributed by atoms with Crippen molar-refractivity contribution >= 4 is 17.6 Å². The zero-order valence-electron chi connectivity index (χ0n) is 14.3. The molecule has 0 atom stereocenters. The van der Waals surface area contributed by atoms with Crippen LogP contribution in [-0.2, 0) is 25.7 Å². The lowest BCUT2D eigenvalue weighted by Crippen LogP contribution is -2.15. The van der Waals surface area contributed by atoms with Crippen molar-refractivity contribution in [3.63, 3.8) is 0 Å². The fraction of sp³-hybridized carbons (Fsp3) is 0.158. The molecule has 2 aromatic carbocycles. The molecule has 136 valence electrons. The van der Waals surface area contributed by atoms with Gasteiger partial charge in [0.25, 0.3) is 0 Å². The van der Waals surface area contributed by atoms with Gasteiger partial charge in [0.05, 0.1) is 20.3 Å². The number of hydrogen-bond donors (Lipinski definition) is 1. The van der Waals surface area contributed by atoms with Gasteiger partial charge in [-0.05, 0) is 29.8 Å². The monoisotopic (exact) mass is 359 g/mol. The van der Waals surface area contributed by atoms with Crippen molar-refractivity contribution in [2.75, 3.05) is 19.5 Å². The number of methoxy groups -OCH3 is 2. The van der Waals surface area contributed by atoms with Gasteiger partial charge in [0.2, 0.25) is 0 Å². The maximum atomic E-state index is 12.9. The molecule has 0 saturated carbocycles. The van der Waals surface area contributed by atoms with E-state index in [1.807, 2.05) is 0 Å². The maximum Gasteiger partial charge on any atom is 0.354 e. The summed E-state index contributed by atoms with van der Waals surface area (Å²) in [7, 11) is 2.41. The fourth-order valence-corrected chi connectivity index (χ4v) is 2.00. The lowest BCUT2D eigenvalue weighted by atomic mass is 10.2. The number of nitrogens with one attached hydrogen (secondary N) is 1. The highest BCUT2D eigenvalue weighted by atomic mass is 19.1. The topological polar surface area (TPSA) is 73.9 Å². The average molecular weight is 359 g/mol. The first-order valence-electron chi connectivity index (χ1n) is 7.64. The maximum absolute atomic E-state index is 12.9. The molecule has 0 radical (unpaired) electrons. The largest absolute Gasteiger partial charge is 0.489 e. The number of hydrogen-bond acceptors (Lipinski definition) is 6. The fourth-order valence-electron chi connectivity index (χ4n) is 2.00. The molecule has 1 N–H and O–H groups in total. The highest BCUT2D eigenvalue weighted by molar-refractivity contribution is 5.98. The number of carbonyl (C=O) groups excluding carboxylic acids is 2. The first kappa shape index (κ1) is 19.0. The van der Waals surface area contributed by atoms with Crippen LogP contribution in [0.4, 0.5) is 10.1 Å². The van der Waals surface area contributed by atoms with Crippen LogP contribution in [-0.4, -0.2) is 26.2 Å². The number of anilines is 1. The lowest BCUT2D eigenvalue weighted by Gasteiger charge is -2.11. The number of esters is 2. The summed E-state index contributed by atoms with van der Waals surface area (Å²) in [6.45, 7) is 0.256. The summed E-state index contributed by atoms with van der Waals surface area (Å²) >= 11 is 0. The van der Waals surface area contributed by atoms with Crippen molar-refractivity contribution in [3.05, 3.63) is 71.7 Å². The molecule has 7 heteroatoms. The van der Waals surface area contributed by atoms with Crippen molar-refractivity contribution < 1.29 is 28.2 Å². The predicted octanol–water partition coefficient (Wildman–Crippen LogP) is 3.05. The van der Waals surface area contributed by atoms with Gasteiger partial charge in [-0.3, -0.25) is 0 Å². The molecule has 0 spiro atoms. The molecule has 0 aromatic heterocycles. The zero-order chi connectivity index (χ0) is 18.9. The van der Waals surface area contributed by atoms with Crippen LogP contribution in [0.2, 0.25) is 0 Å². The molecule has 0 fully saturated rings. The Morgan fingerprint density at radius 1 is 1.08 bits per heavy atom. The quantitative estimate of drug-likeness (QED) is 0.605. The van der Waals surface area contributed by atoms with Gasteiger partial charge in [0.1, 0.15) is 23.9 Å². The van der Waals surface area contributed by atoms with E-state index in [9.17, 15) is 14.0 Å². The number of ether oxygens (including phenoxy) is 3. The van der Waals surface area contributed by atoms with E-state index in [0.717, 1.165) is 11.6 Å². The van der Waals surface area contributed by atoms with Gasteiger partial charge in [-0.15, -0.1) is 0 Å². The zero-order valence-corrected chi connectivity index (χ0v) is 14.3. The van der Waals surface area contributed by atoms with Crippen LogP contribution >= 0.6 is 0 Å². The van der Waals surface area contributed by atoms with Crippen LogP contribution in [0.3, 0.4) is 0 Å². The third-order valence-corrected chi connectivity index (χ3v) is 3.30. The molecule has 0 aliphatic heterocycles. The lowest BCUT2D eigenvalue weighted by molar-refractivity contribution is -0.138. The minimum Gasteiger partial charge on any atom is -0.489 e. The van der Waals surface area contributed by atoms with Gasteiger partial charge in [-0.25, -0.2) is 14.0 Å². The number of rotatable bonds is 7. The number of benzene rings is 2. The van der Waals surface area contributed by atoms with Gasteiger partial charge >= 0.3 is 11.9 Å². The molecule has 0 aliphatic carbocycles. The van der Waals surface area contributed by atoms with Crippen molar-refractivity contribution in [1.82, 2.24) is 0 Å². The average Bonchev–Trinajstić information content (AvgIpc) is 2.66. The standard InChI is InChI=1S/C19H18FNO5/c1-24-18(22)11-17(19(23)25-2)21-15-4-3-5-16(10-15)26-12-13-6-8-14(20)9-7-13/h3-11,21H,12H2,1-2H3/b17-11+. The van der Waals surface area contributed by atoms with Crippen molar-refractivity contribution in [1.29, 1.82) is 0 Å². The van der Waals surface area contributed by atoms with Gasteiger partial charge in [0, 0.05) is 11.8 Å². The Labute approximate surface area is 150 Å². The van der Waals surface area contributed by atoms with Crippen LogP contribution in [0, 0.1) is 5.82 Å². The van der Waals surface area contributed by atoms with Crippen LogP contribution in [0.15, 0.2) is 60.3 Å². The van der Waals surface area contributed by atoms with Gasteiger partial charge < -0.3 is 19.5 Å². The first-order valence-corrected chi connectivity index (χ1v) is 7.64. The summed E-state index contributed by atoms with van der Waals surface area (Å²) in [5.41, 5.74) is 1.25. The van der Waals surface area contributed by atoms with Crippen molar-refractivity contribution in [3.8, 4) is 5.75 Å². The highest BCUT2D eigenvalue weighted by Crippen LogP contribution is 2.20. The van der Waals surface area contributed by atoms with Gasteiger partial charge in [-0.1, -0.05) is 18.2 Å². The first-order chi connectivity index (χ1) is 12.5. The highest BCUT2D eigenvalue weighted by Gasteiger charge is 2.13. The van der Waals surface area contributed by atoms with Crippen LogP contribution < -0.4 is 10.1 Å². The second-order valence-electron chi connectivity index (χ2n) is 5.14. The van der Waals surface area contributed by atoms with E-state index in [4.69, 9.17) is 4.74 Å². The molecule has 0 aliphatic rings. The summed E-state index contributed by atoms with van der Waals surface area (Å²) in [6, 6.07) is 12.8. The molecule has 2 rings (SSSR count). The number of halogens is 1. The Morgan fingerprint density at radius 2 is 1.81 bits per heavy atom. The van der Waals surface area contributed by atoms with E-state index in [2.05, 4.69) is 14.8 Å². The Hall–Kier alpha value is -3.35. The summed E-state index contributed by atoms with van der Waals surface area (Å²) < 4.78 is 27.7. The Morgan fingerprint density at radius 3 is 2.46 bits per heavy atom. The van der Waals surface area contributed by atoms with E-state index in [-0.39, 0.29) is 18.1 Å². The molecule has 0 unspecified atom stereocenters. The summed E-state index contributed by atoms with van der Waals surface area (Å²) in [5.74, 6) is -1.19. The smallest absolute Gasteiger partial charge is 0.354 e. The Kier molecular flexibility index (Phi) is 6.73.